The molecule has 1 aromatic heterocycles. The molecule has 0 aliphatic heterocycles. The van der Waals surface area contributed by atoms with Gasteiger partial charge in [-0.25, -0.2) is 14.3 Å². The Balaban J connectivity index is 1.85. The summed E-state index contributed by atoms with van der Waals surface area (Å²) in [7, 11) is 0. The van der Waals surface area contributed by atoms with Gasteiger partial charge in [0.05, 0.1) is 46.6 Å². The first-order valence-corrected chi connectivity index (χ1v) is 11.1. The van der Waals surface area contributed by atoms with Gasteiger partial charge in [-0.2, -0.15) is 0 Å². The second-order valence-electron chi connectivity index (χ2n) is 7.12. The highest BCUT2D eigenvalue weighted by molar-refractivity contribution is 6.42. The topological polar surface area (TPSA) is 112 Å². The van der Waals surface area contributed by atoms with Crippen molar-refractivity contribution in [2.75, 3.05) is 18.5 Å². The molecule has 0 saturated carbocycles. The molecule has 0 unspecified atom stereocenters. The third kappa shape index (κ3) is 5.92. The maximum Gasteiger partial charge on any atom is 0.338 e. The first-order chi connectivity index (χ1) is 16.2. The predicted octanol–water partition coefficient (Wildman–Crippen LogP) is 4.55. The van der Waals surface area contributed by atoms with Crippen LogP contribution in [0.2, 0.25) is 10.0 Å². The Labute approximate surface area is 205 Å². The van der Waals surface area contributed by atoms with Gasteiger partial charge in [0, 0.05) is 5.69 Å². The number of hydrogen-bond donors (Lipinski definition) is 1. The molecule has 1 heterocycles. The average Bonchev–Trinajstić information content (AvgIpc) is 3.16. The standard InChI is InChI=1S/C23H22Cl2N4O5/c1-4-33-22(31)15-9-16(23(32)34-5-2)11-17(10-15)26-21(30)20-13(3)29(28-27-20)12-14-6-7-18(24)19(25)8-14/h6-11H,4-5,12H2,1-3H3,(H,26,30). The largest absolute Gasteiger partial charge is 0.462 e. The van der Waals surface area contributed by atoms with Crippen LogP contribution in [0.3, 0.4) is 0 Å². The Morgan fingerprint density at radius 1 is 0.941 bits per heavy atom. The lowest BCUT2D eigenvalue weighted by molar-refractivity contribution is 0.0525. The van der Waals surface area contributed by atoms with Gasteiger partial charge >= 0.3 is 11.9 Å². The van der Waals surface area contributed by atoms with Crippen molar-refractivity contribution < 1.29 is 23.9 Å². The molecule has 178 valence electrons. The summed E-state index contributed by atoms with van der Waals surface area (Å²) < 4.78 is 11.6. The monoisotopic (exact) mass is 504 g/mol. The average molecular weight is 505 g/mol. The Hall–Kier alpha value is -3.43. The minimum absolute atomic E-state index is 0.0827. The van der Waals surface area contributed by atoms with E-state index < -0.39 is 17.8 Å². The fraction of sp³-hybridized carbons (Fsp3) is 0.261. The van der Waals surface area contributed by atoms with Crippen LogP contribution in [0.15, 0.2) is 36.4 Å². The van der Waals surface area contributed by atoms with Gasteiger partial charge in [-0.15, -0.1) is 5.10 Å². The molecule has 0 aliphatic carbocycles. The summed E-state index contributed by atoms with van der Waals surface area (Å²) >= 11 is 12.0. The maximum atomic E-state index is 12.9. The Morgan fingerprint density at radius 2 is 1.56 bits per heavy atom. The lowest BCUT2D eigenvalue weighted by atomic mass is 10.1. The number of anilines is 1. The molecule has 3 rings (SSSR count). The van der Waals surface area contributed by atoms with Crippen LogP contribution in [-0.2, 0) is 16.0 Å². The molecular formula is C23H22Cl2N4O5. The SMILES string of the molecule is CCOC(=O)c1cc(NC(=O)c2nnn(Cc3ccc(Cl)c(Cl)c3)c2C)cc(C(=O)OCC)c1. The maximum absolute atomic E-state index is 12.9. The van der Waals surface area contributed by atoms with E-state index in [1.165, 1.54) is 18.2 Å². The van der Waals surface area contributed by atoms with Gasteiger partial charge in [-0.3, -0.25) is 4.79 Å². The van der Waals surface area contributed by atoms with Gasteiger partial charge in [0.25, 0.3) is 5.91 Å². The van der Waals surface area contributed by atoms with E-state index >= 15 is 0 Å². The number of ether oxygens (including phenoxy) is 2. The van der Waals surface area contributed by atoms with E-state index in [2.05, 4.69) is 15.6 Å². The van der Waals surface area contributed by atoms with Gasteiger partial charge in [0.15, 0.2) is 5.69 Å². The van der Waals surface area contributed by atoms with Crippen molar-refractivity contribution in [1.82, 2.24) is 15.0 Å². The molecule has 2 aromatic carbocycles. The first kappa shape index (κ1) is 25.2. The van der Waals surface area contributed by atoms with Crippen molar-refractivity contribution in [3.8, 4) is 0 Å². The van der Waals surface area contributed by atoms with Gasteiger partial charge in [-0.1, -0.05) is 34.5 Å². The highest BCUT2D eigenvalue weighted by Crippen LogP contribution is 2.23. The van der Waals surface area contributed by atoms with Crippen LogP contribution in [0.25, 0.3) is 0 Å². The van der Waals surface area contributed by atoms with Crippen molar-refractivity contribution in [3.63, 3.8) is 0 Å². The van der Waals surface area contributed by atoms with E-state index in [0.717, 1.165) is 5.56 Å². The number of carbonyl (C=O) groups is 3. The summed E-state index contributed by atoms with van der Waals surface area (Å²) in [6.45, 7) is 5.68. The minimum atomic E-state index is -0.632. The lowest BCUT2D eigenvalue weighted by Crippen LogP contribution is -2.16. The highest BCUT2D eigenvalue weighted by atomic mass is 35.5. The van der Waals surface area contributed by atoms with Crippen molar-refractivity contribution in [3.05, 3.63) is 74.5 Å². The highest BCUT2D eigenvalue weighted by Gasteiger charge is 2.20. The third-order valence-electron chi connectivity index (χ3n) is 4.73. The van der Waals surface area contributed by atoms with Crippen molar-refractivity contribution in [1.29, 1.82) is 0 Å². The van der Waals surface area contributed by atoms with Crippen LogP contribution in [0.1, 0.15) is 56.3 Å². The number of amides is 1. The summed E-state index contributed by atoms with van der Waals surface area (Å²) in [4.78, 5) is 37.4. The van der Waals surface area contributed by atoms with E-state index in [1.54, 1.807) is 43.7 Å². The van der Waals surface area contributed by atoms with Crippen molar-refractivity contribution in [2.24, 2.45) is 0 Å². The zero-order valence-corrected chi connectivity index (χ0v) is 20.2. The zero-order valence-electron chi connectivity index (χ0n) is 18.7. The van der Waals surface area contributed by atoms with Crippen LogP contribution < -0.4 is 5.32 Å². The molecule has 0 fully saturated rings. The lowest BCUT2D eigenvalue weighted by Gasteiger charge is -2.10. The predicted molar refractivity (Wildman–Crippen MR) is 127 cm³/mol. The van der Waals surface area contributed by atoms with Crippen molar-refractivity contribution in [2.45, 2.75) is 27.3 Å². The summed E-state index contributed by atoms with van der Waals surface area (Å²) in [6.07, 6.45) is 0. The van der Waals surface area contributed by atoms with Crippen molar-refractivity contribution >= 4 is 46.7 Å². The number of carbonyl (C=O) groups excluding carboxylic acids is 3. The van der Waals surface area contributed by atoms with Gasteiger partial charge in [0.1, 0.15) is 0 Å². The number of rotatable bonds is 8. The van der Waals surface area contributed by atoms with Gasteiger partial charge in [0.2, 0.25) is 0 Å². The first-order valence-electron chi connectivity index (χ1n) is 10.4. The van der Waals surface area contributed by atoms with E-state index in [1.807, 2.05) is 0 Å². The van der Waals surface area contributed by atoms with E-state index in [0.29, 0.717) is 22.3 Å². The molecule has 0 aliphatic rings. The molecule has 3 aromatic rings. The Bertz CT molecular complexity index is 1210. The number of aromatic nitrogens is 3. The molecule has 9 nitrogen and oxygen atoms in total. The van der Waals surface area contributed by atoms with E-state index in [9.17, 15) is 14.4 Å². The summed E-state index contributed by atoms with van der Waals surface area (Å²) in [5.41, 5.74) is 1.83. The number of benzene rings is 2. The number of esters is 2. The van der Waals surface area contributed by atoms with Gasteiger partial charge < -0.3 is 14.8 Å². The number of nitrogens with zero attached hydrogens (tertiary/aromatic N) is 3. The Kier molecular flexibility index (Phi) is 8.25. The van der Waals surface area contributed by atoms with Gasteiger partial charge in [-0.05, 0) is 56.7 Å². The molecule has 11 heteroatoms. The molecule has 0 radical (unpaired) electrons. The second-order valence-corrected chi connectivity index (χ2v) is 7.94. The third-order valence-corrected chi connectivity index (χ3v) is 5.47. The number of hydrogen-bond acceptors (Lipinski definition) is 7. The van der Waals surface area contributed by atoms with Crippen LogP contribution in [-0.4, -0.2) is 46.1 Å². The van der Waals surface area contributed by atoms with E-state index in [-0.39, 0.29) is 35.7 Å². The summed E-state index contributed by atoms with van der Waals surface area (Å²) in [5.74, 6) is -1.82. The van der Waals surface area contributed by atoms with E-state index in [4.69, 9.17) is 32.7 Å². The molecule has 0 atom stereocenters. The van der Waals surface area contributed by atoms with Crippen LogP contribution >= 0.6 is 23.2 Å². The summed E-state index contributed by atoms with van der Waals surface area (Å²) in [5, 5.41) is 11.5. The normalized spacial score (nSPS) is 10.6. The fourth-order valence-corrected chi connectivity index (χ4v) is 3.41. The fourth-order valence-electron chi connectivity index (χ4n) is 3.09. The molecule has 0 spiro atoms. The van der Waals surface area contributed by atoms with Crippen LogP contribution in [0.5, 0.6) is 0 Å². The molecule has 0 saturated heterocycles. The minimum Gasteiger partial charge on any atom is -0.462 e. The van der Waals surface area contributed by atoms with Crippen LogP contribution in [0, 0.1) is 6.92 Å². The number of halogens is 2. The molecule has 1 N–H and O–H groups in total. The zero-order chi connectivity index (χ0) is 24.8. The number of nitrogens with one attached hydrogen (secondary N) is 1. The van der Waals surface area contributed by atoms with Crippen LogP contribution in [0.4, 0.5) is 5.69 Å². The molecular weight excluding hydrogens is 483 g/mol. The quantitative estimate of drug-likeness (QED) is 0.447. The Morgan fingerprint density at radius 3 is 2.12 bits per heavy atom. The molecule has 0 bridgehead atoms. The second kappa shape index (κ2) is 11.1. The molecule has 34 heavy (non-hydrogen) atoms. The smallest absolute Gasteiger partial charge is 0.338 e. The molecule has 1 amide bonds. The summed E-state index contributed by atoms with van der Waals surface area (Å²) in [6, 6.07) is 9.36.